The number of nitrogens with zero attached hydrogens (tertiary/aromatic N) is 2. The van der Waals surface area contributed by atoms with Crippen molar-refractivity contribution in [2.24, 2.45) is 11.0 Å². The van der Waals surface area contributed by atoms with Crippen LogP contribution in [0.4, 0.5) is 0 Å². The number of hydrogen-bond acceptors (Lipinski definition) is 5. The van der Waals surface area contributed by atoms with Gasteiger partial charge in [-0.2, -0.15) is 5.10 Å². The Kier molecular flexibility index (Phi) is 5.24. The summed E-state index contributed by atoms with van der Waals surface area (Å²) in [4.78, 5) is 11.3. The molecule has 2 unspecified atom stereocenters. The summed E-state index contributed by atoms with van der Waals surface area (Å²) in [6.07, 6.45) is 3.81. The van der Waals surface area contributed by atoms with Crippen LogP contribution in [-0.4, -0.2) is 36.6 Å². The zero-order valence-electron chi connectivity index (χ0n) is 10.2. The van der Waals surface area contributed by atoms with Crippen molar-refractivity contribution in [3.05, 3.63) is 12.7 Å². The molecule has 0 aromatic carbocycles. The van der Waals surface area contributed by atoms with E-state index in [1.54, 1.807) is 6.21 Å². The normalized spacial score (nSPS) is 19.4. The molecular weight excluding hydrogens is 216 g/mol. The Bertz CT molecular complexity index is 366. The number of carbonyl (C=O) groups is 1. The third-order valence-electron chi connectivity index (χ3n) is 2.42. The van der Waals surface area contributed by atoms with Crippen LogP contribution in [-0.2, 0) is 4.79 Å². The zero-order valence-corrected chi connectivity index (χ0v) is 10.2. The van der Waals surface area contributed by atoms with Gasteiger partial charge >= 0.3 is 0 Å². The van der Waals surface area contributed by atoms with Gasteiger partial charge in [-0.15, -0.1) is 0 Å². The summed E-state index contributed by atoms with van der Waals surface area (Å²) in [7, 11) is 1.90. The Balaban J connectivity index is 2.32. The molecule has 0 radical (unpaired) electrons. The lowest BCUT2D eigenvalue weighted by molar-refractivity contribution is -0.116. The van der Waals surface area contributed by atoms with Crippen LogP contribution in [0.3, 0.4) is 0 Å². The quantitative estimate of drug-likeness (QED) is 0.307. The van der Waals surface area contributed by atoms with Crippen LogP contribution in [0.1, 0.15) is 13.3 Å². The predicted octanol–water partition coefficient (Wildman–Crippen LogP) is 0.123. The van der Waals surface area contributed by atoms with Crippen LogP contribution >= 0.6 is 0 Å². The number of ketones is 1. The summed E-state index contributed by atoms with van der Waals surface area (Å²) in [5.74, 6) is 2.54. The second kappa shape index (κ2) is 6.71. The van der Waals surface area contributed by atoms with Gasteiger partial charge in [-0.25, -0.2) is 5.43 Å². The summed E-state index contributed by atoms with van der Waals surface area (Å²) >= 11 is 0. The molecule has 1 heterocycles. The monoisotopic (exact) mass is 234 g/mol. The second-order valence-corrected chi connectivity index (χ2v) is 3.82. The molecule has 1 aliphatic heterocycles. The van der Waals surface area contributed by atoms with E-state index in [2.05, 4.69) is 34.5 Å². The van der Waals surface area contributed by atoms with Crippen molar-refractivity contribution >= 4 is 12.0 Å². The molecule has 0 aromatic rings. The first kappa shape index (κ1) is 13.3. The Morgan fingerprint density at radius 1 is 1.82 bits per heavy atom. The Hall–Kier alpha value is -1.80. The molecule has 0 fully saturated rings. The first-order chi connectivity index (χ1) is 8.17. The third-order valence-corrected chi connectivity index (χ3v) is 2.42. The predicted molar refractivity (Wildman–Crippen MR) is 67.9 cm³/mol. The first-order valence-electron chi connectivity index (χ1n) is 5.60. The fourth-order valence-corrected chi connectivity index (χ4v) is 1.42. The van der Waals surface area contributed by atoms with Crippen molar-refractivity contribution in [3.63, 3.8) is 0 Å². The van der Waals surface area contributed by atoms with E-state index in [0.717, 1.165) is 6.54 Å². The fourth-order valence-electron chi connectivity index (χ4n) is 1.42. The molecule has 1 aliphatic rings. The van der Waals surface area contributed by atoms with Gasteiger partial charge < -0.3 is 0 Å². The van der Waals surface area contributed by atoms with E-state index < -0.39 is 0 Å². The molecule has 5 nitrogen and oxygen atoms in total. The highest BCUT2D eigenvalue weighted by Gasteiger charge is 2.12. The maximum atomic E-state index is 11.3. The summed E-state index contributed by atoms with van der Waals surface area (Å²) in [6.45, 7) is 6.18. The van der Waals surface area contributed by atoms with Crippen molar-refractivity contribution in [3.8, 4) is 12.0 Å². The molecule has 17 heavy (non-hydrogen) atoms. The number of likely N-dealkylation sites (N-methyl/N-ethyl adjacent to an activating group) is 1. The Morgan fingerprint density at radius 2 is 2.59 bits per heavy atom. The number of hydrazone groups is 1. The molecule has 92 valence electrons. The van der Waals surface area contributed by atoms with Crippen LogP contribution in [0.15, 0.2) is 17.8 Å². The van der Waals surface area contributed by atoms with Gasteiger partial charge in [0.25, 0.3) is 0 Å². The van der Waals surface area contributed by atoms with Gasteiger partial charge in [0, 0.05) is 19.3 Å². The maximum Gasteiger partial charge on any atom is 0.170 e. The fraction of sp³-hybridized carbons (Fsp3) is 0.500. The molecule has 0 amide bonds. The van der Waals surface area contributed by atoms with Crippen molar-refractivity contribution in [2.45, 2.75) is 19.4 Å². The van der Waals surface area contributed by atoms with Crippen LogP contribution < -0.4 is 10.9 Å². The molecule has 2 N–H and O–H groups in total. The molecule has 0 aromatic heterocycles. The number of hydrogen-bond donors (Lipinski definition) is 2. The van der Waals surface area contributed by atoms with Crippen molar-refractivity contribution in [1.82, 2.24) is 15.9 Å². The van der Waals surface area contributed by atoms with Gasteiger partial charge in [0.15, 0.2) is 5.78 Å². The summed E-state index contributed by atoms with van der Waals surface area (Å²) in [5.41, 5.74) is 5.77. The van der Waals surface area contributed by atoms with E-state index in [0.29, 0.717) is 6.42 Å². The lowest BCUT2D eigenvalue weighted by Gasteiger charge is -2.10. The van der Waals surface area contributed by atoms with Gasteiger partial charge in [-0.05, 0) is 12.5 Å². The van der Waals surface area contributed by atoms with Crippen molar-refractivity contribution < 1.29 is 4.79 Å². The average molecular weight is 234 g/mol. The molecule has 0 saturated carbocycles. The van der Waals surface area contributed by atoms with E-state index in [-0.39, 0.29) is 17.7 Å². The van der Waals surface area contributed by atoms with Crippen molar-refractivity contribution in [1.29, 1.82) is 0 Å². The van der Waals surface area contributed by atoms with E-state index in [9.17, 15) is 4.79 Å². The van der Waals surface area contributed by atoms with Crippen LogP contribution in [0, 0.1) is 17.9 Å². The SMILES string of the molecule is C=CC(=O)C(C#CNNC1C=NN(C)C1)CC. The average Bonchev–Trinajstić information content (AvgIpc) is 2.74. The first-order valence-corrected chi connectivity index (χ1v) is 5.60. The smallest absolute Gasteiger partial charge is 0.170 e. The van der Waals surface area contributed by atoms with E-state index in [4.69, 9.17) is 0 Å². The van der Waals surface area contributed by atoms with Gasteiger partial charge in [0.1, 0.15) is 0 Å². The lowest BCUT2D eigenvalue weighted by Crippen LogP contribution is -2.41. The summed E-state index contributed by atoms with van der Waals surface area (Å²) in [6, 6.07) is 2.88. The minimum atomic E-state index is -0.276. The molecular formula is C12H18N4O. The number of hydrazine groups is 1. The molecule has 0 aliphatic carbocycles. The van der Waals surface area contributed by atoms with Gasteiger partial charge in [-0.3, -0.25) is 15.2 Å². The van der Waals surface area contributed by atoms with Crippen LogP contribution in [0.5, 0.6) is 0 Å². The van der Waals surface area contributed by atoms with Crippen molar-refractivity contribution in [2.75, 3.05) is 13.6 Å². The van der Waals surface area contributed by atoms with Crippen LogP contribution in [0.2, 0.25) is 0 Å². The third kappa shape index (κ3) is 4.29. The topological polar surface area (TPSA) is 56.7 Å². The Labute approximate surface area is 102 Å². The molecule has 0 spiro atoms. The molecule has 5 heteroatoms. The summed E-state index contributed by atoms with van der Waals surface area (Å²) < 4.78 is 0. The second-order valence-electron chi connectivity index (χ2n) is 3.82. The van der Waals surface area contributed by atoms with Gasteiger partial charge in [0.2, 0.25) is 0 Å². The highest BCUT2D eigenvalue weighted by atomic mass is 16.1. The molecule has 2 atom stereocenters. The number of nitrogens with one attached hydrogen (secondary N) is 2. The van der Waals surface area contributed by atoms with E-state index in [1.165, 1.54) is 6.08 Å². The molecule has 0 saturated heterocycles. The number of carbonyl (C=O) groups excluding carboxylic acids is 1. The highest BCUT2D eigenvalue weighted by Crippen LogP contribution is 2.02. The lowest BCUT2D eigenvalue weighted by atomic mass is 10.0. The van der Waals surface area contributed by atoms with E-state index >= 15 is 0 Å². The minimum Gasteiger partial charge on any atom is -0.298 e. The highest BCUT2D eigenvalue weighted by molar-refractivity contribution is 5.93. The Morgan fingerprint density at radius 3 is 3.12 bits per heavy atom. The molecule has 1 rings (SSSR count). The number of rotatable bonds is 5. The zero-order chi connectivity index (χ0) is 12.7. The molecule has 0 bridgehead atoms. The van der Waals surface area contributed by atoms with Crippen LogP contribution in [0.25, 0.3) is 0 Å². The van der Waals surface area contributed by atoms with E-state index in [1.807, 2.05) is 19.0 Å². The van der Waals surface area contributed by atoms with Gasteiger partial charge in [0.05, 0.1) is 18.5 Å². The van der Waals surface area contributed by atoms with Gasteiger partial charge in [-0.1, -0.05) is 19.4 Å². The number of allylic oxidation sites excluding steroid dienone is 1. The summed E-state index contributed by atoms with van der Waals surface area (Å²) in [5, 5.41) is 5.92. The maximum absolute atomic E-state index is 11.3. The minimum absolute atomic E-state index is 0.0380. The standard InChI is InChI=1S/C12H18N4O/c1-4-10(12(17)5-2)6-7-13-15-11-8-14-16(3)9-11/h5,8,10-11,13,15H,2,4,9H2,1,3H3. The largest absolute Gasteiger partial charge is 0.298 e.